The molecule has 0 saturated carbocycles. The van der Waals surface area contributed by atoms with Gasteiger partial charge in [0.25, 0.3) is 0 Å². The molecule has 0 heterocycles. The first-order valence-corrected chi connectivity index (χ1v) is 7.15. The number of aryl methyl sites for hydroxylation is 1. The molecule has 0 fully saturated rings. The van der Waals surface area contributed by atoms with Crippen LogP contribution < -0.4 is 0 Å². The van der Waals surface area contributed by atoms with Gasteiger partial charge in [0.1, 0.15) is 11.5 Å². The molecule has 19 heavy (non-hydrogen) atoms. The predicted molar refractivity (Wildman–Crippen MR) is 71.1 cm³/mol. The van der Waals surface area contributed by atoms with Gasteiger partial charge in [0.2, 0.25) is 9.84 Å². The number of benzene rings is 2. The van der Waals surface area contributed by atoms with Crippen molar-refractivity contribution in [3.05, 3.63) is 47.5 Å². The van der Waals surface area contributed by atoms with Crippen molar-refractivity contribution < 1.29 is 18.6 Å². The fourth-order valence-corrected chi connectivity index (χ4v) is 3.42. The Kier molecular flexibility index (Phi) is 3.24. The Labute approximate surface area is 111 Å². The first-order chi connectivity index (χ1) is 8.84. The van der Waals surface area contributed by atoms with Crippen LogP contribution in [0.25, 0.3) is 0 Å². The van der Waals surface area contributed by atoms with E-state index in [4.69, 9.17) is 0 Å². The van der Waals surface area contributed by atoms with Crippen molar-refractivity contribution in [2.75, 3.05) is 0 Å². The van der Waals surface area contributed by atoms with Gasteiger partial charge in [0.15, 0.2) is 0 Å². The highest BCUT2D eigenvalue weighted by Crippen LogP contribution is 2.32. The molecule has 0 aliphatic rings. The average molecular weight is 278 g/mol. The van der Waals surface area contributed by atoms with Gasteiger partial charge in [0.05, 0.1) is 9.79 Å². The number of aromatic hydroxyl groups is 2. The highest BCUT2D eigenvalue weighted by molar-refractivity contribution is 7.91. The van der Waals surface area contributed by atoms with E-state index < -0.39 is 9.84 Å². The van der Waals surface area contributed by atoms with Gasteiger partial charge in [-0.15, -0.1) is 0 Å². The molecule has 0 unspecified atom stereocenters. The van der Waals surface area contributed by atoms with Gasteiger partial charge < -0.3 is 10.2 Å². The molecule has 2 rings (SSSR count). The van der Waals surface area contributed by atoms with Gasteiger partial charge >= 0.3 is 0 Å². The number of rotatable bonds is 2. The second kappa shape index (κ2) is 4.59. The van der Waals surface area contributed by atoms with Gasteiger partial charge in [-0.3, -0.25) is 0 Å². The number of hydrogen-bond donors (Lipinski definition) is 2. The first-order valence-electron chi connectivity index (χ1n) is 5.67. The summed E-state index contributed by atoms with van der Waals surface area (Å²) in [6, 6.07) is 8.48. The first kappa shape index (κ1) is 13.4. The van der Waals surface area contributed by atoms with E-state index in [9.17, 15) is 18.6 Å². The third-order valence-corrected chi connectivity index (χ3v) is 4.90. The van der Waals surface area contributed by atoms with Crippen LogP contribution in [-0.4, -0.2) is 18.6 Å². The maximum absolute atomic E-state index is 12.4. The van der Waals surface area contributed by atoms with Gasteiger partial charge in [-0.05, 0) is 43.7 Å². The van der Waals surface area contributed by atoms with E-state index in [-0.39, 0.29) is 21.3 Å². The van der Waals surface area contributed by atoms with Crippen LogP contribution in [0, 0.1) is 13.8 Å². The molecule has 0 bridgehead atoms. The SMILES string of the molecule is Cc1ccc(S(=O)(=O)c2cccc(O)c2)c(C)c1O. The monoisotopic (exact) mass is 278 g/mol. The van der Waals surface area contributed by atoms with Crippen molar-refractivity contribution >= 4 is 9.84 Å². The number of phenols is 2. The summed E-state index contributed by atoms with van der Waals surface area (Å²) in [5.41, 5.74) is 0.927. The minimum atomic E-state index is -3.75. The summed E-state index contributed by atoms with van der Waals surface area (Å²) in [4.78, 5) is 0.0417. The van der Waals surface area contributed by atoms with Crippen LogP contribution in [0.4, 0.5) is 0 Å². The summed E-state index contributed by atoms with van der Waals surface area (Å²) in [5.74, 6) is -0.142. The topological polar surface area (TPSA) is 74.6 Å². The van der Waals surface area contributed by atoms with E-state index in [0.717, 1.165) is 0 Å². The molecule has 2 N–H and O–H groups in total. The summed E-state index contributed by atoms with van der Waals surface area (Å²) in [6.45, 7) is 3.26. The van der Waals surface area contributed by atoms with Crippen LogP contribution in [0.15, 0.2) is 46.2 Å². The molecule has 4 nitrogen and oxygen atoms in total. The molecule has 100 valence electrons. The molecular weight excluding hydrogens is 264 g/mol. The lowest BCUT2D eigenvalue weighted by Crippen LogP contribution is -2.04. The Bertz CT molecular complexity index is 733. The lowest BCUT2D eigenvalue weighted by molar-refractivity contribution is 0.464. The molecule has 0 saturated heterocycles. The molecule has 0 aromatic heterocycles. The van der Waals surface area contributed by atoms with Crippen molar-refractivity contribution in [3.63, 3.8) is 0 Å². The van der Waals surface area contributed by atoms with E-state index in [2.05, 4.69) is 0 Å². The lowest BCUT2D eigenvalue weighted by Gasteiger charge is -2.11. The number of hydrogen-bond acceptors (Lipinski definition) is 4. The van der Waals surface area contributed by atoms with Crippen molar-refractivity contribution in [1.82, 2.24) is 0 Å². The average Bonchev–Trinajstić information content (AvgIpc) is 2.36. The molecule has 0 aliphatic heterocycles. The minimum absolute atomic E-state index is 0.00106. The Morgan fingerprint density at radius 2 is 1.68 bits per heavy atom. The molecule has 0 amide bonds. The zero-order valence-corrected chi connectivity index (χ0v) is 11.4. The van der Waals surface area contributed by atoms with E-state index in [1.54, 1.807) is 19.9 Å². The fourth-order valence-electron chi connectivity index (χ4n) is 1.89. The Morgan fingerprint density at radius 3 is 2.32 bits per heavy atom. The standard InChI is InChI=1S/C14H14O4S/c1-9-6-7-13(10(2)14(9)16)19(17,18)12-5-3-4-11(15)8-12/h3-8,15-16H,1-2H3. The number of sulfone groups is 1. The fraction of sp³-hybridized carbons (Fsp3) is 0.143. The van der Waals surface area contributed by atoms with Crippen LogP contribution in [-0.2, 0) is 9.84 Å². The summed E-state index contributed by atoms with van der Waals surface area (Å²) in [7, 11) is -3.75. The van der Waals surface area contributed by atoms with Gasteiger partial charge in [-0.1, -0.05) is 12.1 Å². The molecule has 0 spiro atoms. The molecule has 0 aliphatic carbocycles. The van der Waals surface area contributed by atoms with Crippen molar-refractivity contribution in [3.8, 4) is 11.5 Å². The second-order valence-corrected chi connectivity index (χ2v) is 6.27. The van der Waals surface area contributed by atoms with Crippen molar-refractivity contribution in [2.24, 2.45) is 0 Å². The molecule has 2 aromatic carbocycles. The quantitative estimate of drug-likeness (QED) is 0.885. The van der Waals surface area contributed by atoms with Gasteiger partial charge in [-0.25, -0.2) is 8.42 Å². The lowest BCUT2D eigenvalue weighted by atomic mass is 10.1. The zero-order chi connectivity index (χ0) is 14.2. The van der Waals surface area contributed by atoms with Crippen molar-refractivity contribution in [2.45, 2.75) is 23.6 Å². The van der Waals surface area contributed by atoms with E-state index in [1.807, 2.05) is 0 Å². The number of phenolic OH excluding ortho intramolecular Hbond substituents is 2. The van der Waals surface area contributed by atoms with Crippen LogP contribution in [0.2, 0.25) is 0 Å². The second-order valence-electron chi connectivity index (χ2n) is 4.35. The third kappa shape index (κ3) is 2.29. The van der Waals surface area contributed by atoms with Crippen LogP contribution >= 0.6 is 0 Å². The largest absolute Gasteiger partial charge is 0.508 e. The summed E-state index contributed by atoms with van der Waals surface area (Å²) in [6.07, 6.45) is 0. The maximum atomic E-state index is 12.4. The summed E-state index contributed by atoms with van der Waals surface area (Å²) in [5, 5.41) is 19.2. The van der Waals surface area contributed by atoms with Crippen LogP contribution in [0.5, 0.6) is 11.5 Å². The van der Waals surface area contributed by atoms with Gasteiger partial charge in [-0.2, -0.15) is 0 Å². The molecule has 0 atom stereocenters. The summed E-state index contributed by atoms with van der Waals surface area (Å²) < 4.78 is 24.9. The normalized spacial score (nSPS) is 11.5. The maximum Gasteiger partial charge on any atom is 0.207 e. The Morgan fingerprint density at radius 1 is 1.00 bits per heavy atom. The van der Waals surface area contributed by atoms with Crippen LogP contribution in [0.1, 0.15) is 11.1 Å². The van der Waals surface area contributed by atoms with E-state index >= 15 is 0 Å². The smallest absolute Gasteiger partial charge is 0.207 e. The molecule has 5 heteroatoms. The van der Waals surface area contributed by atoms with Crippen LogP contribution in [0.3, 0.4) is 0 Å². The molecular formula is C14H14O4S. The zero-order valence-electron chi connectivity index (χ0n) is 10.6. The summed E-state index contributed by atoms with van der Waals surface area (Å²) >= 11 is 0. The molecule has 0 radical (unpaired) electrons. The predicted octanol–water partition coefficient (Wildman–Crippen LogP) is 2.55. The van der Waals surface area contributed by atoms with E-state index in [1.165, 1.54) is 30.3 Å². The van der Waals surface area contributed by atoms with E-state index in [0.29, 0.717) is 11.1 Å². The Balaban J connectivity index is 2.67. The minimum Gasteiger partial charge on any atom is -0.508 e. The van der Waals surface area contributed by atoms with Crippen molar-refractivity contribution in [1.29, 1.82) is 0 Å². The molecule has 2 aromatic rings. The third-order valence-electron chi connectivity index (χ3n) is 3.00. The van der Waals surface area contributed by atoms with Gasteiger partial charge in [0, 0.05) is 5.56 Å². The highest BCUT2D eigenvalue weighted by atomic mass is 32.2. The Hall–Kier alpha value is -2.01. The highest BCUT2D eigenvalue weighted by Gasteiger charge is 2.22.